The van der Waals surface area contributed by atoms with Gasteiger partial charge >= 0.3 is 0 Å². The Balaban J connectivity index is 2.02. The van der Waals surface area contributed by atoms with Gasteiger partial charge < -0.3 is 9.94 Å². The molecule has 1 aliphatic heterocycles. The second-order valence-corrected chi connectivity index (χ2v) is 12.7. The minimum Gasteiger partial charge on any atom is -0.393 e. The van der Waals surface area contributed by atoms with E-state index in [1.807, 2.05) is 6.07 Å². The SMILES string of the molecule is CCC[C@H]1C(CCc2ccccc2)=NO[C@@H]1[C@@H](O)[Si](C)(C)C. The molecule has 0 aromatic heterocycles. The van der Waals surface area contributed by atoms with Gasteiger partial charge in [0, 0.05) is 5.92 Å². The second-order valence-electron chi connectivity index (χ2n) is 7.34. The van der Waals surface area contributed by atoms with Gasteiger partial charge in [-0.3, -0.25) is 0 Å². The highest BCUT2D eigenvalue weighted by atomic mass is 28.3. The van der Waals surface area contributed by atoms with Gasteiger partial charge in [-0.05, 0) is 24.8 Å². The van der Waals surface area contributed by atoms with Crippen LogP contribution in [0.2, 0.25) is 19.6 Å². The fraction of sp³-hybridized carbons (Fsp3) is 0.611. The fourth-order valence-corrected chi connectivity index (χ4v) is 4.30. The summed E-state index contributed by atoms with van der Waals surface area (Å²) in [6.45, 7) is 8.75. The predicted octanol–water partition coefficient (Wildman–Crippen LogP) is 4.03. The number of aliphatic hydroxyl groups excluding tert-OH is 1. The van der Waals surface area contributed by atoms with Crippen LogP contribution >= 0.6 is 0 Å². The van der Waals surface area contributed by atoms with Gasteiger partial charge in [0.05, 0.1) is 19.5 Å². The Morgan fingerprint density at radius 1 is 1.18 bits per heavy atom. The van der Waals surface area contributed by atoms with Crippen molar-refractivity contribution in [3.8, 4) is 0 Å². The highest BCUT2D eigenvalue weighted by Crippen LogP contribution is 2.31. The molecule has 22 heavy (non-hydrogen) atoms. The molecule has 0 bridgehead atoms. The Bertz CT molecular complexity index is 496. The van der Waals surface area contributed by atoms with E-state index in [0.29, 0.717) is 0 Å². The first-order valence-corrected chi connectivity index (χ1v) is 12.0. The molecule has 3 nitrogen and oxygen atoms in total. The van der Waals surface area contributed by atoms with Crippen molar-refractivity contribution in [1.29, 1.82) is 0 Å². The zero-order valence-electron chi connectivity index (χ0n) is 14.2. The minimum atomic E-state index is -1.66. The normalized spacial score (nSPS) is 23.0. The standard InChI is InChI=1S/C18H29NO2Si/c1-5-9-15-16(13-12-14-10-7-6-8-11-14)19-21-17(15)18(20)22(2,3)4/h6-8,10-11,15,17-18,20H,5,9,12-13H2,1-4H3/t15-,17-,18-/m0/s1. The topological polar surface area (TPSA) is 41.8 Å². The first-order valence-electron chi connectivity index (χ1n) is 8.38. The predicted molar refractivity (Wildman–Crippen MR) is 94.8 cm³/mol. The first-order chi connectivity index (χ1) is 10.4. The van der Waals surface area contributed by atoms with Crippen LogP contribution in [0.3, 0.4) is 0 Å². The number of aryl methyl sites for hydroxylation is 1. The molecule has 1 aromatic carbocycles. The van der Waals surface area contributed by atoms with E-state index in [9.17, 15) is 5.11 Å². The monoisotopic (exact) mass is 319 g/mol. The summed E-state index contributed by atoms with van der Waals surface area (Å²) in [6.07, 6.45) is 3.90. The number of rotatable bonds is 7. The lowest BCUT2D eigenvalue weighted by Gasteiger charge is -2.31. The van der Waals surface area contributed by atoms with Gasteiger partial charge in [0.25, 0.3) is 0 Å². The molecule has 0 fully saturated rings. The van der Waals surface area contributed by atoms with Crippen LogP contribution in [0.25, 0.3) is 0 Å². The number of oxime groups is 1. The average Bonchev–Trinajstić information content (AvgIpc) is 2.88. The summed E-state index contributed by atoms with van der Waals surface area (Å²) in [4.78, 5) is 5.68. The summed E-state index contributed by atoms with van der Waals surface area (Å²) in [5.74, 6) is 0.274. The Kier molecular flexibility index (Phi) is 5.81. The van der Waals surface area contributed by atoms with Crippen LogP contribution in [0.5, 0.6) is 0 Å². The number of hydrogen-bond donors (Lipinski definition) is 1. The quantitative estimate of drug-likeness (QED) is 0.771. The average molecular weight is 320 g/mol. The number of aliphatic hydroxyl groups is 1. The molecular weight excluding hydrogens is 290 g/mol. The lowest BCUT2D eigenvalue weighted by Crippen LogP contribution is -2.49. The van der Waals surface area contributed by atoms with Gasteiger partial charge in [0.1, 0.15) is 0 Å². The van der Waals surface area contributed by atoms with E-state index < -0.39 is 8.07 Å². The summed E-state index contributed by atoms with van der Waals surface area (Å²) in [6, 6.07) is 10.5. The van der Waals surface area contributed by atoms with Crippen molar-refractivity contribution in [2.45, 2.75) is 64.1 Å². The van der Waals surface area contributed by atoms with Gasteiger partial charge in [0.15, 0.2) is 6.10 Å². The molecule has 3 atom stereocenters. The summed E-state index contributed by atoms with van der Waals surface area (Å²) >= 11 is 0. The smallest absolute Gasteiger partial charge is 0.158 e. The van der Waals surface area contributed by atoms with Crippen LogP contribution in [0, 0.1) is 5.92 Å². The molecule has 122 valence electrons. The maximum atomic E-state index is 10.6. The highest BCUT2D eigenvalue weighted by Gasteiger charge is 2.43. The van der Waals surface area contributed by atoms with E-state index in [4.69, 9.17) is 4.84 Å². The van der Waals surface area contributed by atoms with Crippen molar-refractivity contribution in [1.82, 2.24) is 0 Å². The Morgan fingerprint density at radius 2 is 1.86 bits per heavy atom. The molecule has 0 spiro atoms. The number of nitrogens with zero attached hydrogens (tertiary/aromatic N) is 1. The molecule has 0 radical (unpaired) electrons. The van der Waals surface area contributed by atoms with Crippen molar-refractivity contribution >= 4 is 13.8 Å². The Labute approximate surface area is 135 Å². The molecule has 0 aliphatic carbocycles. The Morgan fingerprint density at radius 3 is 2.45 bits per heavy atom. The van der Waals surface area contributed by atoms with Gasteiger partial charge in [-0.25, -0.2) is 0 Å². The zero-order chi connectivity index (χ0) is 16.2. The molecule has 0 unspecified atom stereocenters. The van der Waals surface area contributed by atoms with Gasteiger partial charge in [-0.1, -0.05) is 68.5 Å². The van der Waals surface area contributed by atoms with Crippen LogP contribution in [0.15, 0.2) is 35.5 Å². The summed E-state index contributed by atoms with van der Waals surface area (Å²) in [5.41, 5.74) is 2.10. The van der Waals surface area contributed by atoms with Gasteiger partial charge in [0.2, 0.25) is 0 Å². The van der Waals surface area contributed by atoms with Gasteiger partial charge in [-0.15, -0.1) is 0 Å². The van der Waals surface area contributed by atoms with Crippen LogP contribution in [0.4, 0.5) is 0 Å². The number of hydrogen-bond acceptors (Lipinski definition) is 3. The molecule has 4 heteroatoms. The van der Waals surface area contributed by atoms with Crippen molar-refractivity contribution in [2.75, 3.05) is 0 Å². The lowest BCUT2D eigenvalue weighted by atomic mass is 9.89. The Hall–Kier alpha value is -1.13. The highest BCUT2D eigenvalue weighted by molar-refractivity contribution is 6.77. The van der Waals surface area contributed by atoms with E-state index in [-0.39, 0.29) is 17.7 Å². The van der Waals surface area contributed by atoms with Crippen molar-refractivity contribution < 1.29 is 9.94 Å². The van der Waals surface area contributed by atoms with Crippen LogP contribution < -0.4 is 0 Å². The fourth-order valence-electron chi connectivity index (χ4n) is 3.02. The largest absolute Gasteiger partial charge is 0.393 e. The van der Waals surface area contributed by atoms with E-state index in [1.165, 1.54) is 5.56 Å². The summed E-state index contributed by atoms with van der Waals surface area (Å²) in [7, 11) is -1.66. The molecule has 0 saturated heterocycles. The number of benzene rings is 1. The van der Waals surface area contributed by atoms with Crippen molar-refractivity contribution in [3.63, 3.8) is 0 Å². The van der Waals surface area contributed by atoms with E-state index in [2.05, 4.69) is 56.0 Å². The molecule has 0 amide bonds. The molecular formula is C18H29NO2Si. The first kappa shape index (κ1) is 17.2. The zero-order valence-corrected chi connectivity index (χ0v) is 15.2. The van der Waals surface area contributed by atoms with Crippen LogP contribution in [0.1, 0.15) is 31.7 Å². The van der Waals surface area contributed by atoms with Crippen molar-refractivity contribution in [3.05, 3.63) is 35.9 Å². The third kappa shape index (κ3) is 4.20. The third-order valence-electron chi connectivity index (χ3n) is 4.43. The maximum Gasteiger partial charge on any atom is 0.158 e. The molecule has 1 N–H and O–H groups in total. The van der Waals surface area contributed by atoms with E-state index in [1.54, 1.807) is 0 Å². The van der Waals surface area contributed by atoms with E-state index in [0.717, 1.165) is 31.4 Å². The molecule has 0 saturated carbocycles. The van der Waals surface area contributed by atoms with Crippen LogP contribution in [-0.2, 0) is 11.3 Å². The van der Waals surface area contributed by atoms with Crippen molar-refractivity contribution in [2.24, 2.45) is 11.1 Å². The minimum absolute atomic E-state index is 0.141. The third-order valence-corrected chi connectivity index (χ3v) is 6.53. The molecule has 2 rings (SSSR count). The molecule has 1 heterocycles. The second kappa shape index (κ2) is 7.42. The molecule has 1 aromatic rings. The summed E-state index contributed by atoms with van der Waals surface area (Å²) < 4.78 is 0. The lowest BCUT2D eigenvalue weighted by molar-refractivity contribution is -0.00679. The molecule has 1 aliphatic rings. The van der Waals surface area contributed by atoms with Gasteiger partial charge in [-0.2, -0.15) is 0 Å². The maximum absolute atomic E-state index is 10.6. The van der Waals surface area contributed by atoms with Crippen LogP contribution in [-0.4, -0.2) is 30.7 Å². The van der Waals surface area contributed by atoms with E-state index >= 15 is 0 Å². The summed E-state index contributed by atoms with van der Waals surface area (Å²) in [5, 5.41) is 15.0.